The number of likely N-dealkylation sites (tertiary alicyclic amines) is 1. The second-order valence-electron chi connectivity index (χ2n) is 5.17. The first-order valence-electron chi connectivity index (χ1n) is 7.40. The standard InChI is InChI=1S/C14H29N3O/c1-4-7-12(10-15)14(18)17-9-8-13(11-17)16(5-2)6-3/h12-13H,4-11,15H2,1-3H3. The Balaban J connectivity index is 2.52. The molecule has 1 aliphatic rings. The third-order valence-electron chi connectivity index (χ3n) is 4.07. The van der Waals surface area contributed by atoms with Gasteiger partial charge in [-0.3, -0.25) is 9.69 Å². The highest BCUT2D eigenvalue weighted by Gasteiger charge is 2.31. The van der Waals surface area contributed by atoms with Crippen molar-refractivity contribution in [3.05, 3.63) is 0 Å². The number of carbonyl (C=O) groups is 1. The number of hydrogen-bond acceptors (Lipinski definition) is 3. The van der Waals surface area contributed by atoms with E-state index in [0.717, 1.165) is 45.4 Å². The van der Waals surface area contributed by atoms with Crippen molar-refractivity contribution in [1.29, 1.82) is 0 Å². The maximum Gasteiger partial charge on any atom is 0.227 e. The maximum absolute atomic E-state index is 12.3. The number of amides is 1. The van der Waals surface area contributed by atoms with Gasteiger partial charge in [-0.25, -0.2) is 0 Å². The largest absolute Gasteiger partial charge is 0.341 e. The van der Waals surface area contributed by atoms with Gasteiger partial charge in [0.15, 0.2) is 0 Å². The zero-order valence-electron chi connectivity index (χ0n) is 12.2. The molecule has 1 rings (SSSR count). The van der Waals surface area contributed by atoms with E-state index in [-0.39, 0.29) is 11.8 Å². The third kappa shape index (κ3) is 3.69. The van der Waals surface area contributed by atoms with Crippen molar-refractivity contribution < 1.29 is 4.79 Å². The second-order valence-corrected chi connectivity index (χ2v) is 5.17. The molecule has 2 atom stereocenters. The highest BCUT2D eigenvalue weighted by molar-refractivity contribution is 5.79. The average molecular weight is 255 g/mol. The Labute approximate surface area is 111 Å². The van der Waals surface area contributed by atoms with E-state index in [0.29, 0.717) is 12.6 Å². The summed E-state index contributed by atoms with van der Waals surface area (Å²) in [4.78, 5) is 16.8. The molecule has 1 amide bonds. The first kappa shape index (κ1) is 15.4. The van der Waals surface area contributed by atoms with Gasteiger partial charge in [0, 0.05) is 25.7 Å². The number of nitrogens with zero attached hydrogens (tertiary/aromatic N) is 2. The van der Waals surface area contributed by atoms with Gasteiger partial charge < -0.3 is 10.6 Å². The third-order valence-corrected chi connectivity index (χ3v) is 4.07. The van der Waals surface area contributed by atoms with Crippen molar-refractivity contribution in [3.63, 3.8) is 0 Å². The first-order valence-corrected chi connectivity index (χ1v) is 7.40. The molecule has 2 unspecified atom stereocenters. The van der Waals surface area contributed by atoms with Crippen LogP contribution in [0.3, 0.4) is 0 Å². The van der Waals surface area contributed by atoms with Gasteiger partial charge >= 0.3 is 0 Å². The van der Waals surface area contributed by atoms with Crippen molar-refractivity contribution in [3.8, 4) is 0 Å². The zero-order valence-corrected chi connectivity index (χ0v) is 12.2. The summed E-state index contributed by atoms with van der Waals surface area (Å²) in [5, 5.41) is 0. The van der Waals surface area contributed by atoms with Gasteiger partial charge in [0.25, 0.3) is 0 Å². The molecular weight excluding hydrogens is 226 g/mol. The van der Waals surface area contributed by atoms with Crippen LogP contribution < -0.4 is 5.73 Å². The van der Waals surface area contributed by atoms with Crippen LogP contribution in [-0.2, 0) is 4.79 Å². The molecule has 106 valence electrons. The lowest BCUT2D eigenvalue weighted by Gasteiger charge is -2.27. The first-order chi connectivity index (χ1) is 8.67. The molecule has 0 aromatic heterocycles. The molecule has 0 aromatic rings. The smallest absolute Gasteiger partial charge is 0.227 e. The molecule has 1 aliphatic heterocycles. The molecular formula is C14H29N3O. The quantitative estimate of drug-likeness (QED) is 0.746. The van der Waals surface area contributed by atoms with Gasteiger partial charge in [-0.1, -0.05) is 27.2 Å². The predicted octanol–water partition coefficient (Wildman–Crippen LogP) is 1.30. The van der Waals surface area contributed by atoms with Crippen LogP contribution in [0.2, 0.25) is 0 Å². The van der Waals surface area contributed by atoms with E-state index in [9.17, 15) is 4.79 Å². The van der Waals surface area contributed by atoms with Crippen molar-refractivity contribution in [2.24, 2.45) is 11.7 Å². The van der Waals surface area contributed by atoms with Crippen LogP contribution >= 0.6 is 0 Å². The lowest BCUT2D eigenvalue weighted by Crippen LogP contribution is -2.41. The molecule has 0 radical (unpaired) electrons. The number of likely N-dealkylation sites (N-methyl/N-ethyl adjacent to an activating group) is 1. The van der Waals surface area contributed by atoms with Crippen LogP contribution in [0.1, 0.15) is 40.0 Å². The van der Waals surface area contributed by atoms with Gasteiger partial charge in [0.05, 0.1) is 5.92 Å². The monoisotopic (exact) mass is 255 g/mol. The summed E-state index contributed by atoms with van der Waals surface area (Å²) in [6, 6.07) is 0.545. The lowest BCUT2D eigenvalue weighted by molar-refractivity contribution is -0.134. The summed E-state index contributed by atoms with van der Waals surface area (Å²) < 4.78 is 0. The molecule has 1 saturated heterocycles. The normalized spacial score (nSPS) is 21.6. The fourth-order valence-electron chi connectivity index (χ4n) is 2.93. The SMILES string of the molecule is CCCC(CN)C(=O)N1CCC(N(CC)CC)C1. The molecule has 4 nitrogen and oxygen atoms in total. The number of nitrogens with two attached hydrogens (primary N) is 1. The van der Waals surface area contributed by atoms with Crippen LogP contribution in [-0.4, -0.2) is 54.5 Å². The van der Waals surface area contributed by atoms with E-state index in [1.54, 1.807) is 0 Å². The number of rotatable bonds is 7. The zero-order chi connectivity index (χ0) is 13.5. The topological polar surface area (TPSA) is 49.6 Å². The fourth-order valence-corrected chi connectivity index (χ4v) is 2.93. The fraction of sp³-hybridized carbons (Fsp3) is 0.929. The molecule has 4 heteroatoms. The molecule has 0 aliphatic carbocycles. The van der Waals surface area contributed by atoms with E-state index in [2.05, 4.69) is 25.7 Å². The molecule has 18 heavy (non-hydrogen) atoms. The minimum Gasteiger partial charge on any atom is -0.341 e. The van der Waals surface area contributed by atoms with Crippen molar-refractivity contribution in [2.45, 2.75) is 46.1 Å². The van der Waals surface area contributed by atoms with E-state index in [1.165, 1.54) is 0 Å². The summed E-state index contributed by atoms with van der Waals surface area (Å²) >= 11 is 0. The Kier molecular flexibility index (Phi) is 6.65. The minimum absolute atomic E-state index is 0.0328. The van der Waals surface area contributed by atoms with Gasteiger partial charge in [-0.05, 0) is 25.9 Å². The van der Waals surface area contributed by atoms with Crippen molar-refractivity contribution in [2.75, 3.05) is 32.7 Å². The van der Waals surface area contributed by atoms with Crippen molar-refractivity contribution in [1.82, 2.24) is 9.80 Å². The van der Waals surface area contributed by atoms with Crippen LogP contribution in [0.15, 0.2) is 0 Å². The minimum atomic E-state index is 0.0328. The number of carbonyl (C=O) groups excluding carboxylic acids is 1. The Morgan fingerprint density at radius 2 is 2.06 bits per heavy atom. The lowest BCUT2D eigenvalue weighted by atomic mass is 10.0. The van der Waals surface area contributed by atoms with E-state index >= 15 is 0 Å². The molecule has 0 saturated carbocycles. The van der Waals surface area contributed by atoms with Gasteiger partial charge in [0.2, 0.25) is 5.91 Å². The number of hydrogen-bond donors (Lipinski definition) is 1. The summed E-state index contributed by atoms with van der Waals surface area (Å²) in [5.74, 6) is 0.305. The van der Waals surface area contributed by atoms with Gasteiger partial charge in [0.1, 0.15) is 0 Å². The molecule has 1 heterocycles. The Morgan fingerprint density at radius 3 is 2.56 bits per heavy atom. The molecule has 1 fully saturated rings. The van der Waals surface area contributed by atoms with Gasteiger partial charge in [-0.15, -0.1) is 0 Å². The summed E-state index contributed by atoms with van der Waals surface area (Å²) in [6.07, 6.45) is 3.06. The predicted molar refractivity (Wildman–Crippen MR) is 75.4 cm³/mol. The Morgan fingerprint density at radius 1 is 1.39 bits per heavy atom. The molecule has 0 bridgehead atoms. The van der Waals surface area contributed by atoms with Crippen molar-refractivity contribution >= 4 is 5.91 Å². The Bertz CT molecular complexity index is 253. The summed E-state index contributed by atoms with van der Waals surface area (Å²) in [6.45, 7) is 10.9. The van der Waals surface area contributed by atoms with E-state index < -0.39 is 0 Å². The molecule has 0 spiro atoms. The average Bonchev–Trinajstić information content (AvgIpc) is 2.86. The molecule has 2 N–H and O–H groups in total. The maximum atomic E-state index is 12.3. The molecule has 0 aromatic carbocycles. The summed E-state index contributed by atoms with van der Waals surface area (Å²) in [5.41, 5.74) is 5.72. The highest BCUT2D eigenvalue weighted by atomic mass is 16.2. The van der Waals surface area contributed by atoms with Crippen LogP contribution in [0.5, 0.6) is 0 Å². The van der Waals surface area contributed by atoms with E-state index in [1.807, 2.05) is 4.90 Å². The van der Waals surface area contributed by atoms with Crippen LogP contribution in [0.4, 0.5) is 0 Å². The van der Waals surface area contributed by atoms with Crippen LogP contribution in [0, 0.1) is 5.92 Å². The Hall–Kier alpha value is -0.610. The second kappa shape index (κ2) is 7.74. The van der Waals surface area contributed by atoms with Gasteiger partial charge in [-0.2, -0.15) is 0 Å². The highest BCUT2D eigenvalue weighted by Crippen LogP contribution is 2.19. The van der Waals surface area contributed by atoms with E-state index in [4.69, 9.17) is 5.73 Å². The summed E-state index contributed by atoms with van der Waals surface area (Å²) in [7, 11) is 0. The van der Waals surface area contributed by atoms with Crippen LogP contribution in [0.25, 0.3) is 0 Å².